The minimum Gasteiger partial charge on any atom is -0.390 e. The van der Waals surface area contributed by atoms with Crippen molar-refractivity contribution in [2.45, 2.75) is 18.9 Å². The maximum absolute atomic E-state index is 9.04. The van der Waals surface area contributed by atoms with Gasteiger partial charge >= 0.3 is 0 Å². The number of benzene rings is 1. The third-order valence-corrected chi connectivity index (χ3v) is 5.80. The number of aliphatic hydroxyl groups is 1. The third-order valence-electron chi connectivity index (χ3n) is 5.80. The highest BCUT2D eigenvalue weighted by Gasteiger charge is 2.33. The lowest BCUT2D eigenvalue weighted by molar-refractivity contribution is -0.698. The van der Waals surface area contributed by atoms with E-state index < -0.39 is 0 Å². The monoisotopic (exact) mass is 419 g/mol. The molecular formula is C26H31N2O3+. The van der Waals surface area contributed by atoms with E-state index in [9.17, 15) is 0 Å². The van der Waals surface area contributed by atoms with Gasteiger partial charge in [0.25, 0.3) is 0 Å². The Hall–Kier alpha value is -2.73. The number of anilines is 1. The number of pyridine rings is 1. The summed E-state index contributed by atoms with van der Waals surface area (Å²) in [4.78, 5) is 2.40. The molecule has 5 nitrogen and oxygen atoms in total. The number of aliphatic hydroxyl groups excluding tert-OH is 1. The molecule has 1 unspecified atom stereocenters. The molecule has 0 bridgehead atoms. The Morgan fingerprint density at radius 2 is 1.94 bits per heavy atom. The van der Waals surface area contributed by atoms with Crippen LogP contribution in [0.1, 0.15) is 29.0 Å². The van der Waals surface area contributed by atoms with Gasteiger partial charge in [0.1, 0.15) is 6.61 Å². The van der Waals surface area contributed by atoms with Gasteiger partial charge < -0.3 is 19.5 Å². The van der Waals surface area contributed by atoms with Crippen molar-refractivity contribution in [1.82, 2.24) is 0 Å². The number of fused-ring (bicyclic) bond motifs is 3. The molecule has 31 heavy (non-hydrogen) atoms. The fourth-order valence-electron chi connectivity index (χ4n) is 4.21. The molecule has 4 rings (SSSR count). The number of nitrogens with zero attached hydrogens (tertiary/aromatic N) is 2. The van der Waals surface area contributed by atoms with Crippen molar-refractivity contribution in [3.63, 3.8) is 0 Å². The summed E-state index contributed by atoms with van der Waals surface area (Å²) < 4.78 is 12.8. The molecule has 2 aromatic rings. The second-order valence-electron chi connectivity index (χ2n) is 7.81. The van der Waals surface area contributed by atoms with E-state index >= 15 is 0 Å². The number of aromatic nitrogens is 1. The summed E-state index contributed by atoms with van der Waals surface area (Å²) in [6, 6.07) is 10.9. The van der Waals surface area contributed by atoms with Gasteiger partial charge in [-0.15, -0.1) is 0 Å². The summed E-state index contributed by atoms with van der Waals surface area (Å²) in [6.07, 6.45) is 16.0. The number of rotatable bonds is 10. The van der Waals surface area contributed by atoms with Gasteiger partial charge in [0.15, 0.2) is 18.9 Å². The number of methoxy groups -OCH3 is 1. The van der Waals surface area contributed by atoms with Crippen LogP contribution in [0.2, 0.25) is 0 Å². The van der Waals surface area contributed by atoms with Gasteiger partial charge in [-0.05, 0) is 41.3 Å². The summed E-state index contributed by atoms with van der Waals surface area (Å²) in [5.41, 5.74) is 6.40. The van der Waals surface area contributed by atoms with E-state index in [2.05, 4.69) is 65.6 Å². The minimum absolute atomic E-state index is 0.151. The number of hydrogen-bond acceptors (Lipinski definition) is 4. The van der Waals surface area contributed by atoms with E-state index in [-0.39, 0.29) is 6.61 Å². The SMILES string of the molecule is COCCOCCN1C2=CC=CCC2c2cc(/C=C/c3cc[n+](CCO)cc3)ccc21. The Labute approximate surface area is 184 Å². The zero-order valence-electron chi connectivity index (χ0n) is 18.1. The summed E-state index contributed by atoms with van der Waals surface area (Å²) in [6.45, 7) is 3.56. The Kier molecular flexibility index (Phi) is 7.30. The molecule has 1 aromatic carbocycles. The number of ether oxygens (including phenoxy) is 2. The van der Waals surface area contributed by atoms with Gasteiger partial charge in [0.2, 0.25) is 0 Å². The van der Waals surface area contributed by atoms with Gasteiger partial charge in [0.05, 0.1) is 19.8 Å². The molecule has 0 saturated heterocycles. The molecule has 2 aliphatic rings. The Bertz CT molecular complexity index is 963. The van der Waals surface area contributed by atoms with Gasteiger partial charge in [-0.1, -0.05) is 30.4 Å². The zero-order chi connectivity index (χ0) is 21.5. The van der Waals surface area contributed by atoms with E-state index in [1.54, 1.807) is 7.11 Å². The minimum atomic E-state index is 0.151. The second-order valence-corrected chi connectivity index (χ2v) is 7.81. The first kappa shape index (κ1) is 21.5. The molecule has 1 aliphatic heterocycles. The van der Waals surface area contributed by atoms with Crippen molar-refractivity contribution < 1.29 is 19.1 Å². The molecule has 0 radical (unpaired) electrons. The van der Waals surface area contributed by atoms with Crippen LogP contribution in [0.4, 0.5) is 5.69 Å². The molecule has 0 spiro atoms. The zero-order valence-corrected chi connectivity index (χ0v) is 18.1. The third kappa shape index (κ3) is 5.13. The van der Waals surface area contributed by atoms with Crippen LogP contribution in [0.3, 0.4) is 0 Å². The molecule has 0 amide bonds. The maximum atomic E-state index is 9.04. The largest absolute Gasteiger partial charge is 0.390 e. The van der Waals surface area contributed by atoms with Gasteiger partial charge in [-0.2, -0.15) is 0 Å². The van der Waals surface area contributed by atoms with Crippen molar-refractivity contribution in [1.29, 1.82) is 0 Å². The molecule has 0 fully saturated rings. The topological polar surface area (TPSA) is 45.8 Å². The van der Waals surface area contributed by atoms with E-state index in [1.807, 2.05) is 17.0 Å². The lowest BCUT2D eigenvalue weighted by Crippen LogP contribution is -2.34. The van der Waals surface area contributed by atoms with Crippen molar-refractivity contribution in [3.05, 3.63) is 83.3 Å². The van der Waals surface area contributed by atoms with Crippen LogP contribution in [0.15, 0.2) is 66.7 Å². The highest BCUT2D eigenvalue weighted by molar-refractivity contribution is 5.75. The van der Waals surface area contributed by atoms with E-state index in [4.69, 9.17) is 14.6 Å². The van der Waals surface area contributed by atoms with Crippen LogP contribution in [0.25, 0.3) is 12.2 Å². The number of allylic oxidation sites excluding steroid dienone is 4. The fourth-order valence-corrected chi connectivity index (χ4v) is 4.21. The van der Waals surface area contributed by atoms with Crippen LogP contribution < -0.4 is 9.47 Å². The van der Waals surface area contributed by atoms with Gasteiger partial charge in [0, 0.05) is 43.1 Å². The lowest BCUT2D eigenvalue weighted by Gasteiger charge is -2.24. The standard InChI is InChI=1S/C26H31N2O3/c1-30-18-19-31-17-15-28-25-5-3-2-4-23(25)24-20-22(8-9-26(24)28)7-6-21-10-12-27(13-11-21)14-16-29/h2-3,5-13,20,23,29H,4,14-19H2,1H3/q+1. The predicted octanol–water partition coefficient (Wildman–Crippen LogP) is 3.55. The Morgan fingerprint density at radius 1 is 1.10 bits per heavy atom. The van der Waals surface area contributed by atoms with Crippen molar-refractivity contribution in [3.8, 4) is 0 Å². The first-order chi connectivity index (χ1) is 15.3. The molecule has 0 saturated carbocycles. The molecule has 5 heteroatoms. The summed E-state index contributed by atoms with van der Waals surface area (Å²) >= 11 is 0. The van der Waals surface area contributed by atoms with Crippen LogP contribution in [-0.4, -0.2) is 45.2 Å². The van der Waals surface area contributed by atoms with Crippen molar-refractivity contribution in [2.75, 3.05) is 45.0 Å². The van der Waals surface area contributed by atoms with Crippen LogP contribution in [0, 0.1) is 0 Å². The molecule has 1 N–H and O–H groups in total. The lowest BCUT2D eigenvalue weighted by atomic mass is 9.91. The van der Waals surface area contributed by atoms with Gasteiger partial charge in [-0.25, -0.2) is 4.57 Å². The normalized spacial score (nSPS) is 17.2. The smallest absolute Gasteiger partial charge is 0.171 e. The molecule has 162 valence electrons. The summed E-state index contributed by atoms with van der Waals surface area (Å²) in [5, 5.41) is 9.04. The predicted molar refractivity (Wildman–Crippen MR) is 124 cm³/mol. The maximum Gasteiger partial charge on any atom is 0.171 e. The highest BCUT2D eigenvalue weighted by atomic mass is 16.5. The first-order valence-electron chi connectivity index (χ1n) is 10.9. The highest BCUT2D eigenvalue weighted by Crippen LogP contribution is 2.47. The second kappa shape index (κ2) is 10.5. The number of hydrogen-bond donors (Lipinski definition) is 1. The van der Waals surface area contributed by atoms with Crippen LogP contribution in [0.5, 0.6) is 0 Å². The van der Waals surface area contributed by atoms with Crippen molar-refractivity contribution in [2.24, 2.45) is 0 Å². The molecule has 2 heterocycles. The van der Waals surface area contributed by atoms with E-state index in [1.165, 1.54) is 22.5 Å². The van der Waals surface area contributed by atoms with E-state index in [0.29, 0.717) is 32.3 Å². The Morgan fingerprint density at radius 3 is 2.74 bits per heavy atom. The molecular weight excluding hydrogens is 388 g/mol. The quantitative estimate of drug-likeness (QED) is 0.473. The Balaban J connectivity index is 1.49. The van der Waals surface area contributed by atoms with Crippen molar-refractivity contribution >= 4 is 17.8 Å². The summed E-state index contributed by atoms with van der Waals surface area (Å²) in [5.74, 6) is 0.418. The fraction of sp³-hybridized carbons (Fsp3) is 0.346. The molecule has 1 atom stereocenters. The average molecular weight is 420 g/mol. The van der Waals surface area contributed by atoms with E-state index in [0.717, 1.165) is 18.5 Å². The van der Waals surface area contributed by atoms with Gasteiger partial charge in [-0.3, -0.25) is 0 Å². The molecule has 1 aromatic heterocycles. The van der Waals surface area contributed by atoms with Crippen LogP contribution in [-0.2, 0) is 16.0 Å². The molecule has 1 aliphatic carbocycles. The summed E-state index contributed by atoms with van der Waals surface area (Å²) in [7, 11) is 1.70. The average Bonchev–Trinajstić information content (AvgIpc) is 3.12. The van der Waals surface area contributed by atoms with Crippen LogP contribution >= 0.6 is 0 Å². The first-order valence-corrected chi connectivity index (χ1v) is 10.9.